The van der Waals surface area contributed by atoms with Crippen LogP contribution in [0, 0.1) is 0 Å². The summed E-state index contributed by atoms with van der Waals surface area (Å²) in [5, 5.41) is 4.98. The molecule has 0 radical (unpaired) electrons. The van der Waals surface area contributed by atoms with Gasteiger partial charge in [-0.15, -0.1) is 24.8 Å². The number of nitrogens with one attached hydrogen (secondary N) is 1. The van der Waals surface area contributed by atoms with Gasteiger partial charge in [-0.1, -0.05) is 24.3 Å². The Bertz CT molecular complexity index is 730. The van der Waals surface area contributed by atoms with Gasteiger partial charge >= 0.3 is 0 Å². The largest absolute Gasteiger partial charge is 0.339 e. The quantitative estimate of drug-likeness (QED) is 0.872. The summed E-state index contributed by atoms with van der Waals surface area (Å²) < 4.78 is 0. The molecule has 1 aliphatic rings. The molecule has 1 N–H and O–H groups in total. The topological polar surface area (TPSA) is 65.5 Å². The third-order valence-corrected chi connectivity index (χ3v) is 4.07. The number of aromatic nitrogens is 1. The summed E-state index contributed by atoms with van der Waals surface area (Å²) in [4.78, 5) is 32.4. The minimum Gasteiger partial charge on any atom is -0.339 e. The Hall–Kier alpha value is -1.89. The first-order valence-electron chi connectivity index (χ1n) is 7.74. The van der Waals surface area contributed by atoms with E-state index >= 15 is 0 Å². The molecule has 0 aliphatic carbocycles. The number of carbonyl (C=O) groups is 2. The van der Waals surface area contributed by atoms with Gasteiger partial charge in [0.1, 0.15) is 5.69 Å². The predicted molar refractivity (Wildman–Crippen MR) is 103 cm³/mol. The van der Waals surface area contributed by atoms with Crippen molar-refractivity contribution in [3.63, 3.8) is 0 Å². The maximum Gasteiger partial charge on any atom is 0.273 e. The number of halogens is 2. The van der Waals surface area contributed by atoms with E-state index in [0.717, 1.165) is 23.9 Å². The Morgan fingerprint density at radius 3 is 2.56 bits per heavy atom. The number of likely N-dealkylation sites (N-methyl/N-ethyl adjacent to an activating group) is 1. The Balaban J connectivity index is 0.00000156. The molecule has 2 amide bonds. The van der Waals surface area contributed by atoms with Crippen molar-refractivity contribution < 1.29 is 9.59 Å². The molecule has 2 heterocycles. The lowest BCUT2D eigenvalue weighted by Crippen LogP contribution is -2.49. The second-order valence-corrected chi connectivity index (χ2v) is 5.67. The molecule has 1 aromatic heterocycles. The summed E-state index contributed by atoms with van der Waals surface area (Å²) in [6.07, 6.45) is 1.63. The van der Waals surface area contributed by atoms with Gasteiger partial charge in [-0.3, -0.25) is 14.6 Å². The molecule has 2 aromatic rings. The normalized spacial score (nSPS) is 13.6. The van der Waals surface area contributed by atoms with Crippen LogP contribution in [0.15, 0.2) is 36.5 Å². The molecule has 0 atom stereocenters. The molecular formula is C17H22Cl2N4O2. The first-order chi connectivity index (χ1) is 11.2. The highest BCUT2D eigenvalue weighted by Crippen LogP contribution is 2.17. The third kappa shape index (κ3) is 4.81. The van der Waals surface area contributed by atoms with Crippen LogP contribution in [0.1, 0.15) is 10.5 Å². The number of nitrogens with zero attached hydrogens (tertiary/aromatic N) is 3. The Kier molecular flexibility index (Phi) is 8.09. The summed E-state index contributed by atoms with van der Waals surface area (Å²) in [6, 6.07) is 9.50. The number of pyridine rings is 1. The monoisotopic (exact) mass is 384 g/mol. The SMILES string of the molecule is CN(CC(=O)N1CCNCC1)C(=O)c1nccc2ccccc12.Cl.Cl. The molecule has 0 unspecified atom stereocenters. The van der Waals surface area contributed by atoms with E-state index in [1.54, 1.807) is 18.1 Å². The summed E-state index contributed by atoms with van der Waals surface area (Å²) in [7, 11) is 1.64. The molecule has 1 aromatic carbocycles. The fraction of sp³-hybridized carbons (Fsp3) is 0.353. The van der Waals surface area contributed by atoms with Crippen molar-refractivity contribution in [3.05, 3.63) is 42.2 Å². The van der Waals surface area contributed by atoms with Crippen LogP contribution in [0.25, 0.3) is 10.8 Å². The molecule has 25 heavy (non-hydrogen) atoms. The summed E-state index contributed by atoms with van der Waals surface area (Å²) in [5.41, 5.74) is 0.388. The Morgan fingerprint density at radius 2 is 1.84 bits per heavy atom. The van der Waals surface area contributed by atoms with E-state index < -0.39 is 0 Å². The maximum atomic E-state index is 12.7. The molecular weight excluding hydrogens is 363 g/mol. The van der Waals surface area contributed by atoms with Crippen molar-refractivity contribution in [2.24, 2.45) is 0 Å². The van der Waals surface area contributed by atoms with Crippen molar-refractivity contribution >= 4 is 47.4 Å². The summed E-state index contributed by atoms with van der Waals surface area (Å²) in [6.45, 7) is 3.05. The van der Waals surface area contributed by atoms with Crippen molar-refractivity contribution in [2.45, 2.75) is 0 Å². The highest BCUT2D eigenvalue weighted by Gasteiger charge is 2.22. The van der Waals surface area contributed by atoms with E-state index in [2.05, 4.69) is 10.3 Å². The van der Waals surface area contributed by atoms with E-state index in [1.165, 1.54) is 4.90 Å². The highest BCUT2D eigenvalue weighted by molar-refractivity contribution is 6.05. The van der Waals surface area contributed by atoms with Gasteiger partial charge in [-0.25, -0.2) is 0 Å². The minimum atomic E-state index is -0.231. The number of amides is 2. The number of rotatable bonds is 3. The third-order valence-electron chi connectivity index (χ3n) is 4.07. The summed E-state index contributed by atoms with van der Waals surface area (Å²) in [5.74, 6) is -0.257. The van der Waals surface area contributed by atoms with Gasteiger partial charge in [0.05, 0.1) is 6.54 Å². The summed E-state index contributed by atoms with van der Waals surface area (Å²) >= 11 is 0. The second kappa shape index (κ2) is 9.56. The van der Waals surface area contributed by atoms with Crippen molar-refractivity contribution in [3.8, 4) is 0 Å². The number of piperazine rings is 1. The molecule has 1 aliphatic heterocycles. The van der Waals surface area contributed by atoms with E-state index in [1.807, 2.05) is 30.3 Å². The van der Waals surface area contributed by atoms with Crippen LogP contribution in [-0.4, -0.2) is 66.4 Å². The van der Waals surface area contributed by atoms with Crippen molar-refractivity contribution in [1.82, 2.24) is 20.1 Å². The molecule has 1 saturated heterocycles. The van der Waals surface area contributed by atoms with Crippen LogP contribution in [0.4, 0.5) is 0 Å². The molecule has 6 nitrogen and oxygen atoms in total. The Labute approximate surface area is 159 Å². The van der Waals surface area contributed by atoms with Gasteiger partial charge in [0.25, 0.3) is 5.91 Å². The Morgan fingerprint density at radius 1 is 1.16 bits per heavy atom. The predicted octanol–water partition coefficient (Wildman–Crippen LogP) is 1.58. The first kappa shape index (κ1) is 21.2. The molecule has 3 rings (SSSR count). The number of fused-ring (bicyclic) bond motifs is 1. The maximum absolute atomic E-state index is 12.7. The number of hydrogen-bond donors (Lipinski definition) is 1. The first-order valence-corrected chi connectivity index (χ1v) is 7.74. The van der Waals surface area contributed by atoms with Crippen molar-refractivity contribution in [1.29, 1.82) is 0 Å². The van der Waals surface area contributed by atoms with Crippen LogP contribution in [0.5, 0.6) is 0 Å². The zero-order chi connectivity index (χ0) is 16.2. The number of carbonyl (C=O) groups excluding carboxylic acids is 2. The molecule has 1 fully saturated rings. The molecule has 0 spiro atoms. The van der Waals surface area contributed by atoms with Gasteiger partial charge < -0.3 is 15.1 Å². The van der Waals surface area contributed by atoms with Gasteiger partial charge in [0.2, 0.25) is 5.91 Å². The second-order valence-electron chi connectivity index (χ2n) is 5.67. The lowest BCUT2D eigenvalue weighted by Gasteiger charge is -2.29. The molecule has 136 valence electrons. The highest BCUT2D eigenvalue weighted by atomic mass is 35.5. The van der Waals surface area contributed by atoms with Crippen LogP contribution >= 0.6 is 24.8 Å². The van der Waals surface area contributed by atoms with Gasteiger partial charge in [0.15, 0.2) is 0 Å². The fourth-order valence-electron chi connectivity index (χ4n) is 2.76. The average molecular weight is 385 g/mol. The van der Waals surface area contributed by atoms with Crippen LogP contribution < -0.4 is 5.32 Å². The van der Waals surface area contributed by atoms with Gasteiger partial charge in [0, 0.05) is 44.8 Å². The molecule has 8 heteroatoms. The van der Waals surface area contributed by atoms with E-state index in [-0.39, 0.29) is 43.2 Å². The van der Waals surface area contributed by atoms with Crippen LogP contribution in [0.2, 0.25) is 0 Å². The van der Waals surface area contributed by atoms with E-state index in [4.69, 9.17) is 0 Å². The van der Waals surface area contributed by atoms with Crippen LogP contribution in [0.3, 0.4) is 0 Å². The lowest BCUT2D eigenvalue weighted by molar-refractivity contribution is -0.132. The van der Waals surface area contributed by atoms with Crippen LogP contribution in [-0.2, 0) is 4.79 Å². The van der Waals surface area contributed by atoms with E-state index in [0.29, 0.717) is 18.8 Å². The number of benzene rings is 1. The standard InChI is InChI=1S/C17H20N4O2.2ClH/c1-20(12-15(22)21-10-8-18-9-11-21)17(23)16-14-5-3-2-4-13(14)6-7-19-16;;/h2-7,18H,8-12H2,1H3;2*1H. The zero-order valence-electron chi connectivity index (χ0n) is 14.0. The van der Waals surface area contributed by atoms with E-state index in [9.17, 15) is 9.59 Å². The minimum absolute atomic E-state index is 0. The smallest absolute Gasteiger partial charge is 0.273 e. The van der Waals surface area contributed by atoms with Gasteiger partial charge in [-0.05, 0) is 11.5 Å². The zero-order valence-corrected chi connectivity index (χ0v) is 15.6. The van der Waals surface area contributed by atoms with Gasteiger partial charge in [-0.2, -0.15) is 0 Å². The number of hydrogen-bond acceptors (Lipinski definition) is 4. The fourth-order valence-corrected chi connectivity index (χ4v) is 2.76. The molecule has 0 saturated carbocycles. The molecule has 0 bridgehead atoms. The average Bonchev–Trinajstić information content (AvgIpc) is 2.61. The lowest BCUT2D eigenvalue weighted by atomic mass is 10.1. The van der Waals surface area contributed by atoms with Crippen molar-refractivity contribution in [2.75, 3.05) is 39.8 Å².